The van der Waals surface area contributed by atoms with Gasteiger partial charge in [0.1, 0.15) is 12.2 Å². The first kappa shape index (κ1) is 65.3. The van der Waals surface area contributed by atoms with Crippen molar-refractivity contribution in [1.82, 2.24) is 9.97 Å². The third kappa shape index (κ3) is 10.4. The summed E-state index contributed by atoms with van der Waals surface area (Å²) in [6.45, 7) is 0. The third-order valence-corrected chi connectivity index (χ3v) is 9.84. The van der Waals surface area contributed by atoms with Gasteiger partial charge >= 0.3 is 83.4 Å². The summed E-state index contributed by atoms with van der Waals surface area (Å²) in [6, 6.07) is 31.4. The smallest absolute Gasteiger partial charge is 0.386 e. The summed E-state index contributed by atoms with van der Waals surface area (Å²) >= 11 is 0. The first-order chi connectivity index (χ1) is 32.5. The summed E-state index contributed by atoms with van der Waals surface area (Å²) in [4.78, 5) is 9.61. The third-order valence-electron chi connectivity index (χ3n) is 9.84. The van der Waals surface area contributed by atoms with Crippen LogP contribution in [0.2, 0.25) is 0 Å². The summed E-state index contributed by atoms with van der Waals surface area (Å²) in [5.41, 5.74) is 5.65. The predicted molar refractivity (Wildman–Crippen MR) is 185 cm³/mol. The molecular formula is C39H21F30IrN2O2-. The van der Waals surface area contributed by atoms with E-state index in [0.29, 0.717) is 0 Å². The van der Waals surface area contributed by atoms with E-state index in [-0.39, 0.29) is 20.1 Å². The first-order valence-electron chi connectivity index (χ1n) is 18.4. The minimum absolute atomic E-state index is 0. The van der Waals surface area contributed by atoms with Crippen molar-refractivity contribution in [1.29, 1.82) is 0 Å². The van der Waals surface area contributed by atoms with Crippen LogP contribution in [-0.2, 0) is 20.1 Å². The maximum atomic E-state index is 13.8. The summed E-state index contributed by atoms with van der Waals surface area (Å²) in [5.74, 6) is -106. The molecule has 0 aliphatic carbocycles. The SMILES string of the molecule is OC(CC(O)C(F)(F)C(F)(F)C(F)(F)C(F)(F)C(F)(F)C(F)(F)C(F)(F)F)C(F)(F)C(F)(F)C(F)(F)C(F)(F)C(F)(F)C(F)(F)C(F)(F)F.[Ir].[c-]1ccccc1-c1ncc(-c2ccccc2)nc1-c1ccccc1. The summed E-state index contributed by atoms with van der Waals surface area (Å²) in [6.07, 6.45) is -30.5. The van der Waals surface area contributed by atoms with Gasteiger partial charge in [-0.05, 0) is 5.56 Å². The van der Waals surface area contributed by atoms with E-state index in [0.717, 1.165) is 33.8 Å². The van der Waals surface area contributed by atoms with Gasteiger partial charge in [0.2, 0.25) is 0 Å². The Bertz CT molecular complexity index is 2400. The van der Waals surface area contributed by atoms with Gasteiger partial charge in [-0.3, -0.25) is 4.98 Å². The summed E-state index contributed by atoms with van der Waals surface area (Å²) in [5, 5.41) is 17.6. The monoisotopic (exact) mass is 1310 g/mol. The van der Waals surface area contributed by atoms with Crippen LogP contribution >= 0.6 is 0 Å². The van der Waals surface area contributed by atoms with Crippen molar-refractivity contribution >= 4 is 0 Å². The van der Waals surface area contributed by atoms with Gasteiger partial charge < -0.3 is 15.2 Å². The van der Waals surface area contributed by atoms with Crippen LogP contribution in [0.4, 0.5) is 132 Å². The molecule has 1 radical (unpaired) electrons. The van der Waals surface area contributed by atoms with Gasteiger partial charge in [-0.2, -0.15) is 132 Å². The molecule has 419 valence electrons. The zero-order valence-electron chi connectivity index (χ0n) is 34.5. The fraction of sp³-hybridized carbons (Fsp3) is 0.436. The minimum atomic E-state index is -9.13. The average Bonchev–Trinajstić information content (AvgIpc) is 3.28. The topological polar surface area (TPSA) is 66.2 Å². The van der Waals surface area contributed by atoms with Gasteiger partial charge in [0, 0.05) is 44.0 Å². The molecule has 4 aromatic rings. The van der Waals surface area contributed by atoms with Crippen molar-refractivity contribution in [3.05, 3.63) is 97.2 Å². The minimum Gasteiger partial charge on any atom is -0.386 e. The van der Waals surface area contributed by atoms with Crippen molar-refractivity contribution in [3.8, 4) is 33.8 Å². The van der Waals surface area contributed by atoms with Crippen molar-refractivity contribution in [2.75, 3.05) is 0 Å². The van der Waals surface area contributed by atoms with Crippen LogP contribution in [-0.4, -0.2) is 116 Å². The molecule has 0 amide bonds. The second kappa shape index (κ2) is 20.6. The van der Waals surface area contributed by atoms with Crippen molar-refractivity contribution < 1.29 is 162 Å². The maximum absolute atomic E-state index is 13.8. The fourth-order valence-electron chi connectivity index (χ4n) is 5.56. The standard InChI is InChI=1S/C22H15N2.C17H6F30O2.Ir/c1-4-10-17(11-5-1)20-16-23-21(18-12-6-2-7-13-18)22(24-20)19-14-8-3-9-15-19;18-4(19,6(22,23)8(26,27)10(30,31)12(34,35)14(38,39)16(42,43)44)2(48)1-3(49)5(20,21)7(24,25)9(28,29)11(32,33)13(36,37)15(40,41)17(45,46)47;/h1-12,14-16H;2-3,48-49H,1H2;/q-1;;. The Kier molecular flexibility index (Phi) is 18.2. The van der Waals surface area contributed by atoms with Crippen LogP contribution in [0.25, 0.3) is 33.8 Å². The number of halogens is 30. The first-order valence-corrected chi connectivity index (χ1v) is 18.4. The number of alkyl halides is 30. The van der Waals surface area contributed by atoms with Crippen LogP contribution in [0.3, 0.4) is 0 Å². The Hall–Kier alpha value is -4.79. The Labute approximate surface area is 404 Å². The average molecular weight is 1310 g/mol. The maximum Gasteiger partial charge on any atom is 0.460 e. The van der Waals surface area contributed by atoms with E-state index in [1.165, 1.54) is 0 Å². The van der Waals surface area contributed by atoms with Gasteiger partial charge in [0.05, 0.1) is 11.4 Å². The van der Waals surface area contributed by atoms with E-state index in [1.54, 1.807) is 0 Å². The number of hydrogen-bond acceptors (Lipinski definition) is 4. The Morgan fingerprint density at radius 2 is 0.689 bits per heavy atom. The van der Waals surface area contributed by atoms with E-state index >= 15 is 0 Å². The van der Waals surface area contributed by atoms with Gasteiger partial charge in [-0.1, -0.05) is 60.7 Å². The fourth-order valence-corrected chi connectivity index (χ4v) is 5.56. The number of benzene rings is 3. The molecule has 4 rings (SSSR count). The molecule has 0 spiro atoms. The second-order valence-corrected chi connectivity index (χ2v) is 14.7. The quantitative estimate of drug-likeness (QED) is 0.0817. The zero-order chi connectivity index (χ0) is 57.1. The van der Waals surface area contributed by atoms with E-state index in [2.05, 4.69) is 18.2 Å². The number of aromatic nitrogens is 2. The molecule has 0 bridgehead atoms. The van der Waals surface area contributed by atoms with Gasteiger partial charge in [0.25, 0.3) is 0 Å². The normalized spacial score (nSPS) is 15.4. The molecular weight excluding hydrogens is 1290 g/mol. The molecule has 0 saturated heterocycles. The molecule has 74 heavy (non-hydrogen) atoms. The number of hydrogen-bond donors (Lipinski definition) is 2. The Morgan fingerprint density at radius 3 is 1.01 bits per heavy atom. The van der Waals surface area contributed by atoms with E-state index < -0.39 is 102 Å². The number of aliphatic hydroxyl groups is 2. The van der Waals surface area contributed by atoms with Crippen LogP contribution in [0.5, 0.6) is 0 Å². The van der Waals surface area contributed by atoms with Crippen LogP contribution in [0.15, 0.2) is 91.1 Å². The molecule has 0 aliphatic heterocycles. The van der Waals surface area contributed by atoms with Crippen molar-refractivity contribution in [2.45, 2.75) is 102 Å². The molecule has 1 aromatic heterocycles. The summed E-state index contributed by atoms with van der Waals surface area (Å²) in [7, 11) is 0. The Morgan fingerprint density at radius 1 is 0.378 bits per heavy atom. The number of nitrogens with zero attached hydrogens (tertiary/aromatic N) is 2. The molecule has 3 aromatic carbocycles. The van der Waals surface area contributed by atoms with E-state index in [4.69, 9.17) is 20.2 Å². The van der Waals surface area contributed by atoms with Gasteiger partial charge in [-0.15, -0.1) is 35.9 Å². The predicted octanol–water partition coefficient (Wildman–Crippen LogP) is 14.1. The van der Waals surface area contributed by atoms with Crippen LogP contribution in [0, 0.1) is 6.07 Å². The zero-order valence-corrected chi connectivity index (χ0v) is 36.9. The molecule has 2 unspecified atom stereocenters. The van der Waals surface area contributed by atoms with Crippen LogP contribution in [0.1, 0.15) is 6.42 Å². The molecule has 2 N–H and O–H groups in total. The second-order valence-electron chi connectivity index (χ2n) is 14.7. The largest absolute Gasteiger partial charge is 0.460 e. The molecule has 0 fully saturated rings. The van der Waals surface area contributed by atoms with Gasteiger partial charge in [-0.25, -0.2) is 0 Å². The molecule has 1 heterocycles. The van der Waals surface area contributed by atoms with Gasteiger partial charge in [0.15, 0.2) is 0 Å². The van der Waals surface area contributed by atoms with E-state index in [9.17, 15) is 132 Å². The van der Waals surface area contributed by atoms with Crippen molar-refractivity contribution in [3.63, 3.8) is 0 Å². The number of aliphatic hydroxyl groups excluding tert-OH is 2. The Balaban J connectivity index is 0.000000615. The molecule has 0 aliphatic rings. The molecule has 4 nitrogen and oxygen atoms in total. The number of rotatable bonds is 17. The summed E-state index contributed by atoms with van der Waals surface area (Å²) < 4.78 is 394. The van der Waals surface area contributed by atoms with Crippen molar-refractivity contribution in [2.24, 2.45) is 0 Å². The molecule has 2 atom stereocenters. The molecule has 0 saturated carbocycles. The molecule has 35 heteroatoms. The van der Waals surface area contributed by atoms with E-state index in [1.807, 2.05) is 79.0 Å². The van der Waals surface area contributed by atoms with Crippen LogP contribution < -0.4 is 0 Å².